The third-order valence-electron chi connectivity index (χ3n) is 5.35. The summed E-state index contributed by atoms with van der Waals surface area (Å²) in [6.45, 7) is 4.00. The van der Waals surface area contributed by atoms with E-state index in [0.717, 1.165) is 43.0 Å². The Labute approximate surface area is 151 Å². The molecule has 1 aliphatic rings. The molecule has 7 heteroatoms. The SMILES string of the molecule is CC(c1cccc([N+](=O)[O-])c1)N1CCC(c2nnc3ccccn23)CC1. The van der Waals surface area contributed by atoms with Crippen molar-refractivity contribution < 1.29 is 4.92 Å². The zero-order chi connectivity index (χ0) is 18.1. The molecule has 0 amide bonds. The number of fused-ring (bicyclic) bond motifs is 1. The lowest BCUT2D eigenvalue weighted by Gasteiger charge is -2.35. The van der Waals surface area contributed by atoms with E-state index in [1.165, 1.54) is 0 Å². The lowest BCUT2D eigenvalue weighted by Crippen LogP contribution is -2.35. The largest absolute Gasteiger partial charge is 0.297 e. The minimum absolute atomic E-state index is 0.152. The summed E-state index contributed by atoms with van der Waals surface area (Å²) in [4.78, 5) is 13.1. The van der Waals surface area contributed by atoms with Crippen LogP contribution >= 0.6 is 0 Å². The number of likely N-dealkylation sites (tertiary alicyclic amines) is 1. The topological polar surface area (TPSA) is 76.6 Å². The van der Waals surface area contributed by atoms with Gasteiger partial charge < -0.3 is 0 Å². The fourth-order valence-electron chi connectivity index (χ4n) is 3.79. The zero-order valence-electron chi connectivity index (χ0n) is 14.7. The first-order valence-electron chi connectivity index (χ1n) is 8.91. The fourth-order valence-corrected chi connectivity index (χ4v) is 3.79. The van der Waals surface area contributed by atoms with Gasteiger partial charge in [-0.1, -0.05) is 18.2 Å². The minimum Gasteiger partial charge on any atom is -0.297 e. The molecule has 1 aromatic carbocycles. The Morgan fingerprint density at radius 3 is 2.73 bits per heavy atom. The number of hydrogen-bond acceptors (Lipinski definition) is 5. The predicted molar refractivity (Wildman–Crippen MR) is 98.0 cm³/mol. The van der Waals surface area contributed by atoms with Gasteiger partial charge in [0.2, 0.25) is 0 Å². The summed E-state index contributed by atoms with van der Waals surface area (Å²) < 4.78 is 2.07. The van der Waals surface area contributed by atoms with Crippen LogP contribution in [-0.4, -0.2) is 37.5 Å². The summed E-state index contributed by atoms with van der Waals surface area (Å²) in [6, 6.07) is 13.1. The van der Waals surface area contributed by atoms with Crippen molar-refractivity contribution in [2.75, 3.05) is 13.1 Å². The highest BCUT2D eigenvalue weighted by atomic mass is 16.6. The van der Waals surface area contributed by atoms with E-state index in [9.17, 15) is 10.1 Å². The number of aromatic nitrogens is 3. The van der Waals surface area contributed by atoms with Crippen molar-refractivity contribution in [2.24, 2.45) is 0 Å². The molecule has 0 spiro atoms. The summed E-state index contributed by atoms with van der Waals surface area (Å²) in [5.41, 5.74) is 2.03. The number of pyridine rings is 1. The molecule has 0 aliphatic carbocycles. The lowest BCUT2D eigenvalue weighted by atomic mass is 9.94. The second-order valence-electron chi connectivity index (χ2n) is 6.83. The van der Waals surface area contributed by atoms with Crippen LogP contribution in [-0.2, 0) is 0 Å². The van der Waals surface area contributed by atoms with Gasteiger partial charge in [-0.05, 0) is 50.6 Å². The summed E-state index contributed by atoms with van der Waals surface area (Å²) >= 11 is 0. The monoisotopic (exact) mass is 351 g/mol. The minimum atomic E-state index is -0.334. The molecule has 1 saturated heterocycles. The molecule has 0 bridgehead atoms. The molecule has 1 fully saturated rings. The Kier molecular flexibility index (Phi) is 4.38. The average Bonchev–Trinajstić information content (AvgIpc) is 3.12. The molecule has 1 aliphatic heterocycles. The number of nitro groups is 1. The summed E-state index contributed by atoms with van der Waals surface area (Å²) in [5, 5.41) is 19.7. The Bertz CT molecular complexity index is 930. The van der Waals surface area contributed by atoms with Crippen molar-refractivity contribution in [1.29, 1.82) is 0 Å². The Balaban J connectivity index is 1.46. The van der Waals surface area contributed by atoms with Gasteiger partial charge in [0, 0.05) is 30.3 Å². The molecular weight excluding hydrogens is 330 g/mol. The van der Waals surface area contributed by atoms with Crippen molar-refractivity contribution >= 4 is 11.3 Å². The van der Waals surface area contributed by atoms with Crippen LogP contribution < -0.4 is 0 Å². The van der Waals surface area contributed by atoms with E-state index in [2.05, 4.69) is 26.4 Å². The summed E-state index contributed by atoms with van der Waals surface area (Å²) in [5.74, 6) is 1.42. The van der Waals surface area contributed by atoms with Gasteiger partial charge in [0.25, 0.3) is 5.69 Å². The van der Waals surface area contributed by atoms with Gasteiger partial charge in [-0.25, -0.2) is 0 Å². The highest BCUT2D eigenvalue weighted by Gasteiger charge is 2.27. The third kappa shape index (κ3) is 3.06. The molecule has 0 N–H and O–H groups in total. The van der Waals surface area contributed by atoms with Gasteiger partial charge in [0.1, 0.15) is 5.82 Å². The highest BCUT2D eigenvalue weighted by Crippen LogP contribution is 2.32. The fraction of sp³-hybridized carbons (Fsp3) is 0.368. The number of benzene rings is 1. The van der Waals surface area contributed by atoms with Gasteiger partial charge in [-0.2, -0.15) is 0 Å². The van der Waals surface area contributed by atoms with Gasteiger partial charge in [0.15, 0.2) is 5.65 Å². The molecule has 2 aromatic heterocycles. The first kappa shape index (κ1) is 16.7. The van der Waals surface area contributed by atoms with Crippen LogP contribution in [0.25, 0.3) is 5.65 Å². The Hall–Kier alpha value is -2.80. The van der Waals surface area contributed by atoms with Gasteiger partial charge in [-0.3, -0.25) is 19.4 Å². The second kappa shape index (κ2) is 6.84. The zero-order valence-corrected chi connectivity index (χ0v) is 14.7. The average molecular weight is 351 g/mol. The third-order valence-corrected chi connectivity index (χ3v) is 5.35. The van der Waals surface area contributed by atoms with Crippen LogP contribution in [0.3, 0.4) is 0 Å². The van der Waals surface area contributed by atoms with Crippen molar-refractivity contribution in [2.45, 2.75) is 31.7 Å². The maximum Gasteiger partial charge on any atom is 0.269 e. The second-order valence-corrected chi connectivity index (χ2v) is 6.83. The molecule has 134 valence electrons. The number of hydrogen-bond donors (Lipinski definition) is 0. The molecule has 26 heavy (non-hydrogen) atoms. The maximum absolute atomic E-state index is 11.0. The molecule has 7 nitrogen and oxygen atoms in total. The van der Waals surface area contributed by atoms with Crippen molar-refractivity contribution in [3.63, 3.8) is 0 Å². The number of non-ortho nitro benzene ring substituents is 1. The van der Waals surface area contributed by atoms with E-state index in [0.29, 0.717) is 5.92 Å². The molecule has 3 heterocycles. The van der Waals surface area contributed by atoms with Crippen LogP contribution in [0.1, 0.15) is 43.1 Å². The van der Waals surface area contributed by atoms with E-state index >= 15 is 0 Å². The van der Waals surface area contributed by atoms with Gasteiger partial charge in [0.05, 0.1) is 4.92 Å². The first-order valence-corrected chi connectivity index (χ1v) is 8.91. The lowest BCUT2D eigenvalue weighted by molar-refractivity contribution is -0.385. The Morgan fingerprint density at radius 2 is 1.96 bits per heavy atom. The van der Waals surface area contributed by atoms with Crippen LogP contribution in [0, 0.1) is 10.1 Å². The molecule has 3 aromatic rings. The van der Waals surface area contributed by atoms with E-state index < -0.39 is 0 Å². The predicted octanol–water partition coefficient (Wildman–Crippen LogP) is 3.58. The number of piperidine rings is 1. The van der Waals surface area contributed by atoms with Gasteiger partial charge >= 0.3 is 0 Å². The molecular formula is C19H21N5O2. The smallest absolute Gasteiger partial charge is 0.269 e. The van der Waals surface area contributed by atoms with Crippen molar-refractivity contribution in [1.82, 2.24) is 19.5 Å². The van der Waals surface area contributed by atoms with Crippen LogP contribution in [0.2, 0.25) is 0 Å². The highest BCUT2D eigenvalue weighted by molar-refractivity contribution is 5.38. The van der Waals surface area contributed by atoms with E-state index in [4.69, 9.17) is 0 Å². The number of nitro benzene ring substituents is 1. The molecule has 0 radical (unpaired) electrons. The van der Waals surface area contributed by atoms with Gasteiger partial charge in [-0.15, -0.1) is 10.2 Å². The Morgan fingerprint density at radius 1 is 1.15 bits per heavy atom. The first-order chi connectivity index (χ1) is 12.6. The summed E-state index contributed by atoms with van der Waals surface area (Å²) in [6.07, 6.45) is 4.03. The summed E-state index contributed by atoms with van der Waals surface area (Å²) in [7, 11) is 0. The molecule has 1 atom stereocenters. The maximum atomic E-state index is 11.0. The number of nitrogens with zero attached hydrogens (tertiary/aromatic N) is 5. The number of rotatable bonds is 4. The van der Waals surface area contributed by atoms with E-state index in [1.807, 2.05) is 30.5 Å². The van der Waals surface area contributed by atoms with Crippen molar-refractivity contribution in [3.8, 4) is 0 Å². The van der Waals surface area contributed by atoms with Crippen LogP contribution in [0.15, 0.2) is 48.7 Å². The molecule has 0 saturated carbocycles. The molecule has 1 unspecified atom stereocenters. The van der Waals surface area contributed by atoms with Crippen molar-refractivity contribution in [3.05, 3.63) is 70.2 Å². The quantitative estimate of drug-likeness (QED) is 0.530. The normalized spacial score (nSPS) is 17.4. The molecule has 4 rings (SSSR count). The van der Waals surface area contributed by atoms with E-state index in [-0.39, 0.29) is 16.7 Å². The standard InChI is InChI=1S/C19H21N5O2/c1-14(16-5-4-6-17(13-16)24(25)26)22-11-8-15(9-12-22)19-21-20-18-7-2-3-10-23(18)19/h2-7,10,13-15H,8-9,11-12H2,1H3. The van der Waals surface area contributed by atoms with Crippen LogP contribution in [0.4, 0.5) is 5.69 Å². The van der Waals surface area contributed by atoms with E-state index in [1.54, 1.807) is 18.2 Å². The van der Waals surface area contributed by atoms with Crippen LogP contribution in [0.5, 0.6) is 0 Å².